The minimum absolute atomic E-state index is 0.0926. The van der Waals surface area contributed by atoms with Crippen LogP contribution in [0.1, 0.15) is 36.6 Å². The van der Waals surface area contributed by atoms with Crippen molar-refractivity contribution >= 4 is 34.8 Å². The van der Waals surface area contributed by atoms with Gasteiger partial charge in [-0.1, -0.05) is 65.7 Å². The zero-order valence-corrected chi connectivity index (χ0v) is 29.0. The van der Waals surface area contributed by atoms with Gasteiger partial charge in [-0.15, -0.1) is 0 Å². The number of aromatic nitrogens is 3. The van der Waals surface area contributed by atoms with Crippen LogP contribution in [0.15, 0.2) is 71.7 Å². The maximum Gasteiger partial charge on any atom is 0.262 e. The molecule has 4 heterocycles. The molecule has 1 aliphatic heterocycles. The number of hydrogen-bond acceptors (Lipinski definition) is 8. The van der Waals surface area contributed by atoms with Crippen LogP contribution >= 0.6 is 23.2 Å². The molecule has 0 bridgehead atoms. The fourth-order valence-corrected chi connectivity index (χ4v) is 6.77. The summed E-state index contributed by atoms with van der Waals surface area (Å²) in [6.45, 7) is 5.40. The van der Waals surface area contributed by atoms with Crippen molar-refractivity contribution in [2.45, 2.75) is 51.9 Å². The molecule has 254 valence electrons. The van der Waals surface area contributed by atoms with Gasteiger partial charge in [-0.3, -0.25) is 14.0 Å². The molecule has 10 nitrogen and oxygen atoms in total. The Bertz CT molecular complexity index is 2080. The third-order valence-corrected chi connectivity index (χ3v) is 9.48. The molecule has 0 saturated carbocycles. The van der Waals surface area contributed by atoms with E-state index in [-0.39, 0.29) is 17.5 Å². The first-order valence-electron chi connectivity index (χ1n) is 16.2. The Balaban J connectivity index is 1.27. The van der Waals surface area contributed by atoms with Gasteiger partial charge in [-0.05, 0) is 44.0 Å². The fourth-order valence-electron chi connectivity index (χ4n) is 6.11. The minimum atomic E-state index is -0.517. The molecule has 2 atom stereocenters. The Morgan fingerprint density at radius 1 is 0.980 bits per heavy atom. The lowest BCUT2D eigenvalue weighted by Gasteiger charge is -2.16. The standard InChI is InChI=1S/C37H38Cl2N6O4/c1-21(46)17-40-20-30-22(2)42-32-16-23(14-15-45(32)37(30)48)26-6-4-7-27(34(26)38)28-8-5-9-29(35(28)39)31-12-10-24(36(44-31)49-3)18-41-19-25-11-13-33(47)43-25/h4-10,12,14-16,21,25,40-41,46H,11,13,17-20H2,1-3H3,(H,43,47). The summed E-state index contributed by atoms with van der Waals surface area (Å²) in [5, 5.41) is 20.0. The highest BCUT2D eigenvalue weighted by molar-refractivity contribution is 6.39. The number of rotatable bonds is 12. The third kappa shape index (κ3) is 7.49. The monoisotopic (exact) mass is 700 g/mol. The summed E-state index contributed by atoms with van der Waals surface area (Å²) < 4.78 is 7.16. The van der Waals surface area contributed by atoms with Crippen molar-refractivity contribution in [3.63, 3.8) is 0 Å². The van der Waals surface area contributed by atoms with Crippen LogP contribution in [0.2, 0.25) is 10.0 Å². The Hall–Kier alpha value is -4.32. The number of fused-ring (bicyclic) bond motifs is 1. The van der Waals surface area contributed by atoms with E-state index in [0.717, 1.165) is 39.8 Å². The Labute approximate surface area is 294 Å². The molecule has 1 aliphatic rings. The normalized spacial score (nSPS) is 15.1. The van der Waals surface area contributed by atoms with E-state index in [1.165, 1.54) is 4.40 Å². The van der Waals surface area contributed by atoms with Gasteiger partial charge in [0.05, 0.1) is 34.5 Å². The second-order valence-corrected chi connectivity index (χ2v) is 13.0. The molecule has 0 spiro atoms. The minimum Gasteiger partial charge on any atom is -0.481 e. The van der Waals surface area contributed by atoms with Gasteiger partial charge >= 0.3 is 0 Å². The summed E-state index contributed by atoms with van der Waals surface area (Å²) in [4.78, 5) is 34.3. The van der Waals surface area contributed by atoms with Gasteiger partial charge in [0.1, 0.15) is 5.65 Å². The highest BCUT2D eigenvalue weighted by Crippen LogP contribution is 2.42. The molecule has 3 aromatic heterocycles. The summed E-state index contributed by atoms with van der Waals surface area (Å²) in [5.74, 6) is 0.583. The summed E-state index contributed by atoms with van der Waals surface area (Å²) in [6, 6.07) is 19.2. The number of aryl methyl sites for hydroxylation is 1. The second-order valence-electron chi connectivity index (χ2n) is 12.2. The van der Waals surface area contributed by atoms with E-state index >= 15 is 0 Å². The van der Waals surface area contributed by atoms with Gasteiger partial charge in [-0.25, -0.2) is 9.97 Å². The summed E-state index contributed by atoms with van der Waals surface area (Å²) in [5.41, 5.74) is 6.86. The molecule has 6 rings (SSSR count). The van der Waals surface area contributed by atoms with Crippen molar-refractivity contribution in [2.24, 2.45) is 0 Å². The number of ether oxygens (including phenoxy) is 1. The van der Waals surface area contributed by atoms with Crippen LogP contribution in [0.3, 0.4) is 0 Å². The molecule has 1 amide bonds. The van der Waals surface area contributed by atoms with Crippen molar-refractivity contribution in [3.05, 3.63) is 104 Å². The van der Waals surface area contributed by atoms with Crippen molar-refractivity contribution in [1.82, 2.24) is 30.3 Å². The van der Waals surface area contributed by atoms with Crippen molar-refractivity contribution in [3.8, 4) is 39.4 Å². The van der Waals surface area contributed by atoms with Gasteiger partial charge in [0, 0.05) is 78.3 Å². The molecule has 49 heavy (non-hydrogen) atoms. The van der Waals surface area contributed by atoms with E-state index in [9.17, 15) is 14.7 Å². The van der Waals surface area contributed by atoms with E-state index in [0.29, 0.717) is 71.1 Å². The fraction of sp³-hybridized carbons (Fsp3) is 0.297. The van der Waals surface area contributed by atoms with Crippen LogP contribution < -0.4 is 26.2 Å². The van der Waals surface area contributed by atoms with E-state index in [1.54, 1.807) is 20.2 Å². The van der Waals surface area contributed by atoms with Crippen LogP contribution in [0.25, 0.3) is 39.2 Å². The first-order chi connectivity index (χ1) is 23.6. The number of carbonyl (C=O) groups is 1. The average Bonchev–Trinajstić information content (AvgIpc) is 3.51. The van der Waals surface area contributed by atoms with Crippen molar-refractivity contribution < 1.29 is 14.6 Å². The number of halogens is 2. The predicted octanol–water partition coefficient (Wildman–Crippen LogP) is 5.55. The van der Waals surface area contributed by atoms with Gasteiger partial charge in [0.25, 0.3) is 5.56 Å². The molecule has 2 aromatic carbocycles. The molecular weight excluding hydrogens is 663 g/mol. The summed E-state index contributed by atoms with van der Waals surface area (Å²) >= 11 is 14.2. The number of benzene rings is 2. The smallest absolute Gasteiger partial charge is 0.262 e. The van der Waals surface area contributed by atoms with Crippen LogP contribution in [0.4, 0.5) is 0 Å². The molecule has 1 fully saturated rings. The van der Waals surface area contributed by atoms with Gasteiger partial charge in [0.15, 0.2) is 0 Å². The van der Waals surface area contributed by atoms with E-state index < -0.39 is 6.10 Å². The molecule has 0 aliphatic carbocycles. The summed E-state index contributed by atoms with van der Waals surface area (Å²) in [7, 11) is 1.59. The molecule has 12 heteroatoms. The van der Waals surface area contributed by atoms with E-state index in [1.807, 2.05) is 67.6 Å². The SMILES string of the molecule is COc1nc(-c2cccc(-c3cccc(-c4ccn5c(=O)c(CNCC(C)O)c(C)nc5c4)c3Cl)c2Cl)ccc1CNCC1CCC(=O)N1. The number of nitrogens with zero attached hydrogens (tertiary/aromatic N) is 3. The third-order valence-electron chi connectivity index (χ3n) is 8.67. The molecule has 5 aromatic rings. The number of aliphatic hydroxyl groups excluding tert-OH is 1. The first kappa shape index (κ1) is 34.5. The second kappa shape index (κ2) is 15.1. The maximum absolute atomic E-state index is 13.3. The molecule has 1 saturated heterocycles. The number of hydrogen-bond donors (Lipinski definition) is 4. The lowest BCUT2D eigenvalue weighted by molar-refractivity contribution is -0.119. The number of carbonyl (C=O) groups excluding carboxylic acids is 1. The van der Waals surface area contributed by atoms with Gasteiger partial charge in [0.2, 0.25) is 11.8 Å². The first-order valence-corrected chi connectivity index (χ1v) is 16.9. The number of aliphatic hydroxyl groups is 1. The number of methoxy groups -OCH3 is 1. The lowest BCUT2D eigenvalue weighted by atomic mass is 9.97. The maximum atomic E-state index is 13.3. The quantitative estimate of drug-likeness (QED) is 0.133. The van der Waals surface area contributed by atoms with Crippen molar-refractivity contribution in [2.75, 3.05) is 20.2 Å². The van der Waals surface area contributed by atoms with Crippen LogP contribution in [-0.2, 0) is 17.9 Å². The van der Waals surface area contributed by atoms with Crippen LogP contribution in [0.5, 0.6) is 5.88 Å². The highest BCUT2D eigenvalue weighted by atomic mass is 35.5. The predicted molar refractivity (Wildman–Crippen MR) is 193 cm³/mol. The van der Waals surface area contributed by atoms with E-state index in [2.05, 4.69) is 16.0 Å². The number of pyridine rings is 2. The summed E-state index contributed by atoms with van der Waals surface area (Å²) in [6.07, 6.45) is 2.58. The number of nitrogens with one attached hydrogen (secondary N) is 3. The highest BCUT2D eigenvalue weighted by Gasteiger charge is 2.21. The molecule has 4 N–H and O–H groups in total. The molecule has 0 radical (unpaired) electrons. The van der Waals surface area contributed by atoms with Crippen LogP contribution in [-0.4, -0.2) is 57.7 Å². The zero-order valence-electron chi connectivity index (χ0n) is 27.5. The van der Waals surface area contributed by atoms with Crippen LogP contribution in [0, 0.1) is 6.92 Å². The average molecular weight is 702 g/mol. The zero-order chi connectivity index (χ0) is 34.7. The van der Waals surface area contributed by atoms with Gasteiger partial charge in [-0.2, -0.15) is 0 Å². The Morgan fingerprint density at radius 2 is 1.69 bits per heavy atom. The topological polar surface area (TPSA) is 130 Å². The largest absolute Gasteiger partial charge is 0.481 e. The lowest BCUT2D eigenvalue weighted by Crippen LogP contribution is -2.35. The molecular formula is C37H38Cl2N6O4. The van der Waals surface area contributed by atoms with Crippen molar-refractivity contribution in [1.29, 1.82) is 0 Å². The molecule has 2 unspecified atom stereocenters. The number of amides is 1. The van der Waals surface area contributed by atoms with Gasteiger partial charge < -0.3 is 25.8 Å². The Morgan fingerprint density at radius 3 is 2.39 bits per heavy atom. The van der Waals surface area contributed by atoms with E-state index in [4.69, 9.17) is 37.9 Å². The Kier molecular flexibility index (Phi) is 10.6.